The van der Waals surface area contributed by atoms with Gasteiger partial charge >= 0.3 is 0 Å². The first-order valence-electron chi connectivity index (χ1n) is 9.65. The molecule has 158 valence electrons. The number of nitrogens with zero attached hydrogens (tertiary/aromatic N) is 1. The number of aryl methyl sites for hydroxylation is 1. The van der Waals surface area contributed by atoms with Crippen molar-refractivity contribution >= 4 is 28.8 Å². The van der Waals surface area contributed by atoms with Gasteiger partial charge in [0, 0.05) is 4.88 Å². The van der Waals surface area contributed by atoms with Crippen LogP contribution in [0.25, 0.3) is 5.76 Å². The van der Waals surface area contributed by atoms with E-state index in [-0.39, 0.29) is 23.6 Å². The molecule has 1 aliphatic heterocycles. The minimum absolute atomic E-state index is 0.00357. The molecular formula is C24H21NO5S. The highest BCUT2D eigenvalue weighted by molar-refractivity contribution is 7.09. The molecule has 1 fully saturated rings. The molecule has 2 N–H and O–H groups in total. The van der Waals surface area contributed by atoms with Gasteiger partial charge in [-0.2, -0.15) is 0 Å². The maximum atomic E-state index is 13.1. The van der Waals surface area contributed by atoms with Crippen LogP contribution in [0.15, 0.2) is 65.6 Å². The fourth-order valence-electron chi connectivity index (χ4n) is 3.77. The van der Waals surface area contributed by atoms with Crippen molar-refractivity contribution in [3.63, 3.8) is 0 Å². The van der Waals surface area contributed by atoms with Crippen LogP contribution in [0.1, 0.15) is 27.6 Å². The standard InChI is InChI=1S/C24H21NO5S/c1-14-5-10-19(30-2)18(12-14)22(27)20-21(15-6-8-16(26)9-7-15)25(24(29)23(20)28)13-17-4-3-11-31-17/h3-12,21,26-27H,13H2,1-2H3/b22-20+. The van der Waals surface area contributed by atoms with E-state index in [1.807, 2.05) is 30.5 Å². The Morgan fingerprint density at radius 1 is 1.13 bits per heavy atom. The molecule has 7 heteroatoms. The Labute approximate surface area is 183 Å². The van der Waals surface area contributed by atoms with Crippen molar-refractivity contribution in [1.82, 2.24) is 4.90 Å². The molecule has 0 spiro atoms. The summed E-state index contributed by atoms with van der Waals surface area (Å²) in [6, 6.07) is 14.5. The molecule has 0 bridgehead atoms. The lowest BCUT2D eigenvalue weighted by Crippen LogP contribution is -2.28. The molecule has 3 aromatic rings. The summed E-state index contributed by atoms with van der Waals surface area (Å²) in [6.45, 7) is 2.10. The van der Waals surface area contributed by atoms with Crippen molar-refractivity contribution in [1.29, 1.82) is 0 Å². The number of amides is 1. The van der Waals surface area contributed by atoms with Crippen molar-refractivity contribution in [3.05, 3.63) is 87.1 Å². The second kappa shape index (κ2) is 8.28. The maximum Gasteiger partial charge on any atom is 0.295 e. The number of aliphatic hydroxyl groups excluding tert-OH is 1. The summed E-state index contributed by atoms with van der Waals surface area (Å²) in [5.74, 6) is -1.25. The maximum absolute atomic E-state index is 13.1. The van der Waals surface area contributed by atoms with Gasteiger partial charge in [-0.05, 0) is 48.2 Å². The highest BCUT2D eigenvalue weighted by Crippen LogP contribution is 2.42. The monoisotopic (exact) mass is 435 g/mol. The molecular weight excluding hydrogens is 414 g/mol. The number of carbonyl (C=O) groups is 2. The van der Waals surface area contributed by atoms with E-state index >= 15 is 0 Å². The Morgan fingerprint density at radius 2 is 1.87 bits per heavy atom. The molecule has 2 heterocycles. The number of thiophene rings is 1. The van der Waals surface area contributed by atoms with E-state index in [4.69, 9.17) is 4.74 Å². The number of benzene rings is 2. The normalized spacial score (nSPS) is 17.9. The highest BCUT2D eigenvalue weighted by Gasteiger charge is 2.46. The molecule has 0 aliphatic carbocycles. The molecule has 0 radical (unpaired) electrons. The first-order chi connectivity index (χ1) is 14.9. The number of likely N-dealkylation sites (tertiary alicyclic amines) is 1. The first kappa shape index (κ1) is 20.7. The number of ketones is 1. The Balaban J connectivity index is 1.91. The van der Waals surface area contributed by atoms with E-state index < -0.39 is 17.7 Å². The Hall–Kier alpha value is -3.58. The van der Waals surface area contributed by atoms with Crippen LogP contribution < -0.4 is 4.74 Å². The zero-order chi connectivity index (χ0) is 22.1. The van der Waals surface area contributed by atoms with E-state index in [1.54, 1.807) is 24.3 Å². The third-order valence-corrected chi connectivity index (χ3v) is 6.13. The molecule has 1 unspecified atom stereocenters. The molecule has 1 saturated heterocycles. The second-order valence-corrected chi connectivity index (χ2v) is 8.33. The van der Waals surface area contributed by atoms with Crippen LogP contribution in [0, 0.1) is 6.92 Å². The quantitative estimate of drug-likeness (QED) is 0.353. The average molecular weight is 436 g/mol. The fraction of sp³-hybridized carbons (Fsp3) is 0.167. The molecule has 2 aromatic carbocycles. The summed E-state index contributed by atoms with van der Waals surface area (Å²) in [7, 11) is 1.48. The lowest BCUT2D eigenvalue weighted by molar-refractivity contribution is -0.140. The predicted octanol–water partition coefficient (Wildman–Crippen LogP) is 4.39. The van der Waals surface area contributed by atoms with Crippen LogP contribution in [0.3, 0.4) is 0 Å². The van der Waals surface area contributed by atoms with Gasteiger partial charge in [-0.3, -0.25) is 9.59 Å². The van der Waals surface area contributed by atoms with Gasteiger partial charge < -0.3 is 19.8 Å². The summed E-state index contributed by atoms with van der Waals surface area (Å²) in [4.78, 5) is 28.5. The fourth-order valence-corrected chi connectivity index (χ4v) is 4.47. The summed E-state index contributed by atoms with van der Waals surface area (Å²) in [6.07, 6.45) is 0. The molecule has 1 aliphatic rings. The van der Waals surface area contributed by atoms with Crippen LogP contribution in [0.4, 0.5) is 0 Å². The Morgan fingerprint density at radius 3 is 2.52 bits per heavy atom. The van der Waals surface area contributed by atoms with Crippen LogP contribution in [-0.2, 0) is 16.1 Å². The number of methoxy groups -OCH3 is 1. The lowest BCUT2D eigenvalue weighted by atomic mass is 9.94. The first-order valence-corrected chi connectivity index (χ1v) is 10.5. The van der Waals surface area contributed by atoms with Gasteiger partial charge in [0.25, 0.3) is 11.7 Å². The lowest BCUT2D eigenvalue weighted by Gasteiger charge is -2.25. The van der Waals surface area contributed by atoms with E-state index in [9.17, 15) is 19.8 Å². The van der Waals surface area contributed by atoms with Gasteiger partial charge in [0.1, 0.15) is 17.3 Å². The molecule has 31 heavy (non-hydrogen) atoms. The number of hydrogen-bond acceptors (Lipinski definition) is 6. The number of aromatic hydroxyl groups is 1. The third kappa shape index (κ3) is 3.80. The van der Waals surface area contributed by atoms with Gasteiger partial charge in [0.05, 0.1) is 30.8 Å². The molecule has 0 saturated carbocycles. The predicted molar refractivity (Wildman–Crippen MR) is 118 cm³/mol. The minimum atomic E-state index is -0.798. The van der Waals surface area contributed by atoms with Crippen LogP contribution >= 0.6 is 11.3 Å². The molecule has 1 amide bonds. The number of carbonyl (C=O) groups excluding carboxylic acids is 2. The summed E-state index contributed by atoms with van der Waals surface area (Å²) < 4.78 is 5.38. The van der Waals surface area contributed by atoms with Crippen molar-refractivity contribution in [2.75, 3.05) is 7.11 Å². The van der Waals surface area contributed by atoms with Crippen LogP contribution in [0.5, 0.6) is 11.5 Å². The largest absolute Gasteiger partial charge is 0.508 e. The number of phenols is 1. The van der Waals surface area contributed by atoms with Crippen molar-refractivity contribution in [2.24, 2.45) is 0 Å². The van der Waals surface area contributed by atoms with Gasteiger partial charge in [-0.15, -0.1) is 11.3 Å². The highest BCUT2D eigenvalue weighted by atomic mass is 32.1. The number of ether oxygens (including phenoxy) is 1. The van der Waals surface area contributed by atoms with Gasteiger partial charge in [0.15, 0.2) is 0 Å². The summed E-state index contributed by atoms with van der Waals surface area (Å²) in [5.41, 5.74) is 1.83. The number of Topliss-reactive ketones (excluding diaryl/α,β-unsaturated/α-hetero) is 1. The number of hydrogen-bond donors (Lipinski definition) is 2. The van der Waals surface area contributed by atoms with E-state index in [2.05, 4.69) is 0 Å². The van der Waals surface area contributed by atoms with E-state index in [0.29, 0.717) is 16.9 Å². The van der Waals surface area contributed by atoms with Gasteiger partial charge in [0.2, 0.25) is 0 Å². The van der Waals surface area contributed by atoms with Crippen LogP contribution in [0.2, 0.25) is 0 Å². The third-order valence-electron chi connectivity index (χ3n) is 5.27. The topological polar surface area (TPSA) is 87.1 Å². The zero-order valence-corrected chi connectivity index (χ0v) is 17.8. The number of aliphatic hydroxyl groups is 1. The van der Waals surface area contributed by atoms with Crippen molar-refractivity contribution in [3.8, 4) is 11.5 Å². The van der Waals surface area contributed by atoms with Gasteiger partial charge in [-0.25, -0.2) is 0 Å². The summed E-state index contributed by atoms with van der Waals surface area (Å²) >= 11 is 1.48. The summed E-state index contributed by atoms with van der Waals surface area (Å²) in [5, 5.41) is 22.8. The SMILES string of the molecule is COc1ccc(C)cc1/C(O)=C1\C(=O)C(=O)N(Cc2cccs2)C1c1ccc(O)cc1. The van der Waals surface area contributed by atoms with Gasteiger partial charge in [-0.1, -0.05) is 29.8 Å². The molecule has 1 atom stereocenters. The molecule has 4 rings (SSSR count). The Bertz CT molecular complexity index is 1170. The van der Waals surface area contributed by atoms with Crippen LogP contribution in [-0.4, -0.2) is 33.9 Å². The van der Waals surface area contributed by atoms with E-state index in [0.717, 1.165) is 10.4 Å². The molecule has 1 aromatic heterocycles. The smallest absolute Gasteiger partial charge is 0.295 e. The average Bonchev–Trinajstić information content (AvgIpc) is 3.36. The number of rotatable bonds is 5. The van der Waals surface area contributed by atoms with Crippen molar-refractivity contribution in [2.45, 2.75) is 19.5 Å². The van der Waals surface area contributed by atoms with E-state index in [1.165, 1.54) is 35.5 Å². The second-order valence-electron chi connectivity index (χ2n) is 7.30. The van der Waals surface area contributed by atoms with Crippen molar-refractivity contribution < 1.29 is 24.5 Å². The Kier molecular flexibility index (Phi) is 5.52. The zero-order valence-electron chi connectivity index (χ0n) is 17.0. The minimum Gasteiger partial charge on any atom is -0.508 e. The molecule has 6 nitrogen and oxygen atoms in total. The number of phenolic OH excluding ortho intramolecular Hbond substituents is 1.